The van der Waals surface area contributed by atoms with Gasteiger partial charge in [-0.15, -0.1) is 0 Å². The SMILES string of the molecule is COC(=O)c1ccc(C)c(NC(=O)COC(=O)c2ccc(Br)cc2)c1. The van der Waals surface area contributed by atoms with E-state index in [2.05, 4.69) is 26.0 Å². The molecule has 0 unspecified atom stereocenters. The average Bonchev–Trinajstić information content (AvgIpc) is 2.61. The summed E-state index contributed by atoms with van der Waals surface area (Å²) in [5.74, 6) is -1.60. The molecule has 0 radical (unpaired) electrons. The van der Waals surface area contributed by atoms with Gasteiger partial charge >= 0.3 is 11.9 Å². The Kier molecular flexibility index (Phi) is 6.30. The van der Waals surface area contributed by atoms with E-state index in [1.165, 1.54) is 13.2 Å². The number of esters is 2. The lowest BCUT2D eigenvalue weighted by atomic mass is 10.1. The topological polar surface area (TPSA) is 81.7 Å². The first kappa shape index (κ1) is 18.7. The monoisotopic (exact) mass is 405 g/mol. The molecule has 2 rings (SSSR count). The summed E-state index contributed by atoms with van der Waals surface area (Å²) >= 11 is 3.27. The van der Waals surface area contributed by atoms with E-state index >= 15 is 0 Å². The molecule has 6 nitrogen and oxygen atoms in total. The number of amides is 1. The number of ether oxygens (including phenoxy) is 2. The Morgan fingerprint density at radius 3 is 2.28 bits per heavy atom. The van der Waals surface area contributed by atoms with Crippen molar-refractivity contribution in [2.45, 2.75) is 6.92 Å². The summed E-state index contributed by atoms with van der Waals surface area (Å²) in [6, 6.07) is 11.4. The summed E-state index contributed by atoms with van der Waals surface area (Å²) in [5, 5.41) is 2.61. The van der Waals surface area contributed by atoms with E-state index in [0.29, 0.717) is 16.8 Å². The maximum atomic E-state index is 12.0. The molecule has 0 saturated carbocycles. The quantitative estimate of drug-likeness (QED) is 0.771. The van der Waals surface area contributed by atoms with Crippen LogP contribution < -0.4 is 5.32 Å². The molecule has 0 heterocycles. The van der Waals surface area contributed by atoms with E-state index in [0.717, 1.165) is 10.0 Å². The number of rotatable bonds is 5. The van der Waals surface area contributed by atoms with Crippen LogP contribution in [-0.4, -0.2) is 31.6 Å². The van der Waals surface area contributed by atoms with Gasteiger partial charge in [-0.1, -0.05) is 22.0 Å². The molecule has 2 aromatic rings. The average molecular weight is 406 g/mol. The number of nitrogens with one attached hydrogen (secondary N) is 1. The minimum absolute atomic E-state index is 0.315. The largest absolute Gasteiger partial charge is 0.465 e. The molecule has 1 N–H and O–H groups in total. The number of methoxy groups -OCH3 is 1. The van der Waals surface area contributed by atoms with Crippen LogP contribution in [0, 0.1) is 6.92 Å². The zero-order chi connectivity index (χ0) is 18.4. The molecule has 0 fully saturated rings. The van der Waals surface area contributed by atoms with E-state index in [1.54, 1.807) is 43.3 Å². The summed E-state index contributed by atoms with van der Waals surface area (Å²) in [5.41, 5.74) is 1.88. The van der Waals surface area contributed by atoms with Crippen molar-refractivity contribution in [2.75, 3.05) is 19.0 Å². The number of halogens is 1. The molecular formula is C18H16BrNO5. The lowest BCUT2D eigenvalue weighted by Gasteiger charge is -2.10. The Balaban J connectivity index is 1.97. The predicted molar refractivity (Wildman–Crippen MR) is 95.6 cm³/mol. The standard InChI is InChI=1S/C18H16BrNO5/c1-11-3-4-13(17(22)24-2)9-15(11)20-16(21)10-25-18(23)12-5-7-14(19)8-6-12/h3-9H,10H2,1-2H3,(H,20,21). The number of carbonyl (C=O) groups is 3. The van der Waals surface area contributed by atoms with Crippen LogP contribution in [0.3, 0.4) is 0 Å². The van der Waals surface area contributed by atoms with E-state index in [1.807, 2.05) is 0 Å². The highest BCUT2D eigenvalue weighted by Gasteiger charge is 2.13. The fourth-order valence-corrected chi connectivity index (χ4v) is 2.25. The molecule has 0 bridgehead atoms. The third-order valence-electron chi connectivity index (χ3n) is 3.35. The van der Waals surface area contributed by atoms with Crippen molar-refractivity contribution in [2.24, 2.45) is 0 Å². The Hall–Kier alpha value is -2.67. The summed E-state index contributed by atoms with van der Waals surface area (Å²) in [4.78, 5) is 35.4. The van der Waals surface area contributed by atoms with Crippen LogP contribution in [0.15, 0.2) is 46.9 Å². The predicted octanol–water partition coefficient (Wildman–Crippen LogP) is 3.34. The number of carbonyl (C=O) groups excluding carboxylic acids is 3. The van der Waals surface area contributed by atoms with Crippen molar-refractivity contribution in [3.8, 4) is 0 Å². The second kappa shape index (κ2) is 8.43. The van der Waals surface area contributed by atoms with E-state index in [4.69, 9.17) is 4.74 Å². The minimum atomic E-state index is -0.595. The fourth-order valence-electron chi connectivity index (χ4n) is 1.99. The molecular weight excluding hydrogens is 390 g/mol. The first-order valence-electron chi connectivity index (χ1n) is 7.32. The lowest BCUT2D eigenvalue weighted by molar-refractivity contribution is -0.119. The highest BCUT2D eigenvalue weighted by atomic mass is 79.9. The van der Waals surface area contributed by atoms with Crippen LogP contribution in [0.5, 0.6) is 0 Å². The second-order valence-corrected chi connectivity index (χ2v) is 6.07. The van der Waals surface area contributed by atoms with E-state index in [9.17, 15) is 14.4 Å². The molecule has 0 aliphatic heterocycles. The molecule has 1 amide bonds. The van der Waals surface area contributed by atoms with Crippen molar-refractivity contribution >= 4 is 39.5 Å². The molecule has 0 spiro atoms. The van der Waals surface area contributed by atoms with Crippen LogP contribution in [0.4, 0.5) is 5.69 Å². The number of benzene rings is 2. The first-order valence-corrected chi connectivity index (χ1v) is 8.11. The summed E-state index contributed by atoms with van der Waals surface area (Å²) in [6.45, 7) is 1.35. The Bertz CT molecular complexity index is 802. The Morgan fingerprint density at radius 2 is 1.64 bits per heavy atom. The molecule has 7 heteroatoms. The smallest absolute Gasteiger partial charge is 0.338 e. The molecule has 0 aliphatic rings. The molecule has 0 aliphatic carbocycles. The van der Waals surface area contributed by atoms with Gasteiger partial charge in [-0.3, -0.25) is 4.79 Å². The molecule has 25 heavy (non-hydrogen) atoms. The molecule has 2 aromatic carbocycles. The van der Waals surface area contributed by atoms with Gasteiger partial charge in [0.2, 0.25) is 0 Å². The molecule has 0 atom stereocenters. The summed E-state index contributed by atoms with van der Waals surface area (Å²) in [7, 11) is 1.28. The highest BCUT2D eigenvalue weighted by Crippen LogP contribution is 2.17. The van der Waals surface area contributed by atoms with Gasteiger partial charge in [0.15, 0.2) is 6.61 Å². The van der Waals surface area contributed by atoms with E-state index in [-0.39, 0.29) is 0 Å². The van der Waals surface area contributed by atoms with Gasteiger partial charge in [-0.05, 0) is 48.9 Å². The van der Waals surface area contributed by atoms with Gasteiger partial charge in [0, 0.05) is 10.2 Å². The molecule has 0 saturated heterocycles. The summed E-state index contributed by atoms with van der Waals surface area (Å²) in [6.07, 6.45) is 0. The Morgan fingerprint density at radius 1 is 1.00 bits per heavy atom. The highest BCUT2D eigenvalue weighted by molar-refractivity contribution is 9.10. The normalized spacial score (nSPS) is 10.0. The van der Waals surface area contributed by atoms with Gasteiger partial charge in [-0.25, -0.2) is 9.59 Å². The number of anilines is 1. The van der Waals surface area contributed by atoms with Crippen molar-refractivity contribution < 1.29 is 23.9 Å². The van der Waals surface area contributed by atoms with Crippen LogP contribution in [0.1, 0.15) is 26.3 Å². The zero-order valence-corrected chi connectivity index (χ0v) is 15.3. The van der Waals surface area contributed by atoms with Gasteiger partial charge in [-0.2, -0.15) is 0 Å². The van der Waals surface area contributed by atoms with Gasteiger partial charge < -0.3 is 14.8 Å². The number of hydrogen-bond acceptors (Lipinski definition) is 5. The maximum Gasteiger partial charge on any atom is 0.338 e. The number of aryl methyl sites for hydroxylation is 1. The van der Waals surface area contributed by atoms with Gasteiger partial charge in [0.25, 0.3) is 5.91 Å². The van der Waals surface area contributed by atoms with Crippen molar-refractivity contribution in [3.05, 3.63) is 63.6 Å². The van der Waals surface area contributed by atoms with Crippen molar-refractivity contribution in [3.63, 3.8) is 0 Å². The minimum Gasteiger partial charge on any atom is -0.465 e. The molecule has 0 aromatic heterocycles. The summed E-state index contributed by atoms with van der Waals surface area (Å²) < 4.78 is 10.5. The lowest BCUT2D eigenvalue weighted by Crippen LogP contribution is -2.21. The van der Waals surface area contributed by atoms with Crippen LogP contribution in [-0.2, 0) is 14.3 Å². The van der Waals surface area contributed by atoms with E-state index < -0.39 is 24.5 Å². The second-order valence-electron chi connectivity index (χ2n) is 5.15. The maximum absolute atomic E-state index is 12.0. The van der Waals surface area contributed by atoms with Crippen LogP contribution in [0.2, 0.25) is 0 Å². The van der Waals surface area contributed by atoms with Gasteiger partial charge in [0.1, 0.15) is 0 Å². The van der Waals surface area contributed by atoms with Gasteiger partial charge in [0.05, 0.1) is 18.2 Å². The number of hydrogen-bond donors (Lipinski definition) is 1. The zero-order valence-electron chi connectivity index (χ0n) is 13.7. The first-order chi connectivity index (χ1) is 11.9. The molecule has 130 valence electrons. The van der Waals surface area contributed by atoms with Crippen molar-refractivity contribution in [1.82, 2.24) is 0 Å². The third-order valence-corrected chi connectivity index (χ3v) is 3.88. The fraction of sp³-hybridized carbons (Fsp3) is 0.167. The third kappa shape index (κ3) is 5.15. The van der Waals surface area contributed by atoms with Crippen LogP contribution in [0.25, 0.3) is 0 Å². The van der Waals surface area contributed by atoms with Crippen LogP contribution >= 0.6 is 15.9 Å². The Labute approximate surface area is 153 Å². The van der Waals surface area contributed by atoms with Crippen molar-refractivity contribution in [1.29, 1.82) is 0 Å².